The van der Waals surface area contributed by atoms with Crippen LogP contribution in [0, 0.1) is 0 Å². The molecule has 96 valence electrons. The summed E-state index contributed by atoms with van der Waals surface area (Å²) in [6.45, 7) is 0.432. The molecule has 0 bridgehead atoms. The van der Waals surface area contributed by atoms with Gasteiger partial charge in [0.25, 0.3) is 5.91 Å². The molecule has 0 spiro atoms. The van der Waals surface area contributed by atoms with E-state index < -0.39 is 0 Å². The molecule has 1 aromatic heterocycles. The molecule has 5 nitrogen and oxygen atoms in total. The summed E-state index contributed by atoms with van der Waals surface area (Å²) in [6, 6.07) is 10.4. The van der Waals surface area contributed by atoms with E-state index in [0.717, 1.165) is 5.56 Å². The van der Waals surface area contributed by atoms with Crippen molar-refractivity contribution in [3.63, 3.8) is 0 Å². The van der Waals surface area contributed by atoms with Gasteiger partial charge in [-0.05, 0) is 35.9 Å². The minimum Gasteiger partial charge on any atom is -0.348 e. The number of pyridine rings is 1. The molecule has 0 saturated carbocycles. The highest BCUT2D eigenvalue weighted by atomic mass is 16.1. The van der Waals surface area contributed by atoms with Gasteiger partial charge >= 0.3 is 0 Å². The molecular weight excluding hydrogens is 242 g/mol. The first-order valence-electron chi connectivity index (χ1n) is 5.77. The lowest BCUT2D eigenvalue weighted by atomic mass is 10.2. The minimum absolute atomic E-state index is 0.165. The molecule has 1 heterocycles. The Hall–Kier alpha value is -2.69. The number of hydrogen-bond acceptors (Lipinski definition) is 3. The van der Waals surface area contributed by atoms with E-state index in [9.17, 15) is 9.59 Å². The van der Waals surface area contributed by atoms with E-state index in [2.05, 4.69) is 15.6 Å². The van der Waals surface area contributed by atoms with Crippen molar-refractivity contribution in [2.45, 2.75) is 6.54 Å². The summed E-state index contributed by atoms with van der Waals surface area (Å²) < 4.78 is 0. The normalized spacial score (nSPS) is 9.68. The SMILES string of the molecule is O=CNc1ccc(C(=O)NCc2cccnc2)cc1. The first-order valence-corrected chi connectivity index (χ1v) is 5.77. The fourth-order valence-electron chi connectivity index (χ4n) is 1.57. The molecule has 19 heavy (non-hydrogen) atoms. The Labute approximate surface area is 110 Å². The maximum atomic E-state index is 11.9. The Balaban J connectivity index is 1.94. The lowest BCUT2D eigenvalue weighted by molar-refractivity contribution is -0.105. The largest absolute Gasteiger partial charge is 0.348 e. The third kappa shape index (κ3) is 3.64. The molecule has 0 aliphatic heterocycles. The zero-order chi connectivity index (χ0) is 13.5. The molecule has 0 saturated heterocycles. The zero-order valence-corrected chi connectivity index (χ0v) is 10.2. The summed E-state index contributed by atoms with van der Waals surface area (Å²) in [5, 5.41) is 5.31. The van der Waals surface area contributed by atoms with Gasteiger partial charge in [-0.15, -0.1) is 0 Å². The van der Waals surface area contributed by atoms with Gasteiger partial charge in [-0.2, -0.15) is 0 Å². The highest BCUT2D eigenvalue weighted by Crippen LogP contribution is 2.08. The van der Waals surface area contributed by atoms with Crippen molar-refractivity contribution in [2.24, 2.45) is 0 Å². The molecule has 1 aromatic carbocycles. The minimum atomic E-state index is -0.165. The fraction of sp³-hybridized carbons (Fsp3) is 0.0714. The van der Waals surface area contributed by atoms with Crippen molar-refractivity contribution in [1.29, 1.82) is 0 Å². The van der Waals surface area contributed by atoms with Gasteiger partial charge in [0.05, 0.1) is 0 Å². The highest BCUT2D eigenvalue weighted by Gasteiger charge is 2.04. The summed E-state index contributed by atoms with van der Waals surface area (Å²) in [4.78, 5) is 26.1. The Kier molecular flexibility index (Phi) is 4.23. The van der Waals surface area contributed by atoms with Crippen molar-refractivity contribution < 1.29 is 9.59 Å². The Morgan fingerprint density at radius 1 is 1.21 bits per heavy atom. The van der Waals surface area contributed by atoms with E-state index in [1.807, 2.05) is 12.1 Å². The van der Waals surface area contributed by atoms with Crippen LogP contribution in [0.2, 0.25) is 0 Å². The van der Waals surface area contributed by atoms with Crippen LogP contribution < -0.4 is 10.6 Å². The highest BCUT2D eigenvalue weighted by molar-refractivity contribution is 5.94. The molecule has 0 radical (unpaired) electrons. The Morgan fingerprint density at radius 3 is 2.63 bits per heavy atom. The van der Waals surface area contributed by atoms with Crippen molar-refractivity contribution >= 4 is 18.0 Å². The van der Waals surface area contributed by atoms with Crippen LogP contribution in [0.15, 0.2) is 48.8 Å². The van der Waals surface area contributed by atoms with Crippen LogP contribution in [0.3, 0.4) is 0 Å². The zero-order valence-electron chi connectivity index (χ0n) is 10.2. The van der Waals surface area contributed by atoms with E-state index in [1.165, 1.54) is 0 Å². The van der Waals surface area contributed by atoms with Gasteiger partial charge in [0.2, 0.25) is 6.41 Å². The van der Waals surface area contributed by atoms with Crippen LogP contribution in [-0.4, -0.2) is 17.3 Å². The first kappa shape index (κ1) is 12.8. The number of hydrogen-bond donors (Lipinski definition) is 2. The predicted molar refractivity (Wildman–Crippen MR) is 71.5 cm³/mol. The van der Waals surface area contributed by atoms with Crippen LogP contribution in [0.25, 0.3) is 0 Å². The third-order valence-electron chi connectivity index (χ3n) is 2.55. The van der Waals surface area contributed by atoms with Crippen LogP contribution in [-0.2, 0) is 11.3 Å². The molecule has 0 aliphatic carbocycles. The number of nitrogens with one attached hydrogen (secondary N) is 2. The van der Waals surface area contributed by atoms with E-state index in [-0.39, 0.29) is 5.91 Å². The van der Waals surface area contributed by atoms with Gasteiger partial charge in [-0.3, -0.25) is 14.6 Å². The second-order valence-electron chi connectivity index (χ2n) is 3.88. The molecule has 2 N–H and O–H groups in total. The molecule has 2 amide bonds. The standard InChI is InChI=1S/C14H13N3O2/c18-10-17-13-5-3-12(4-6-13)14(19)16-9-11-2-1-7-15-8-11/h1-8,10H,9H2,(H,16,19)(H,17,18). The summed E-state index contributed by atoms with van der Waals surface area (Å²) in [6.07, 6.45) is 3.99. The van der Waals surface area contributed by atoms with Crippen LogP contribution in [0.5, 0.6) is 0 Å². The molecule has 5 heteroatoms. The van der Waals surface area contributed by atoms with Crippen LogP contribution in [0.4, 0.5) is 5.69 Å². The number of amides is 2. The molecule has 0 unspecified atom stereocenters. The lowest BCUT2D eigenvalue weighted by Gasteiger charge is -2.05. The number of benzene rings is 1. The lowest BCUT2D eigenvalue weighted by Crippen LogP contribution is -2.22. The maximum absolute atomic E-state index is 11.9. The van der Waals surface area contributed by atoms with Gasteiger partial charge in [-0.25, -0.2) is 0 Å². The molecule has 0 aliphatic rings. The second-order valence-corrected chi connectivity index (χ2v) is 3.88. The second kappa shape index (κ2) is 6.30. The average Bonchev–Trinajstić information content (AvgIpc) is 2.47. The van der Waals surface area contributed by atoms with Gasteiger partial charge in [-0.1, -0.05) is 6.07 Å². The molecule has 2 aromatic rings. The average molecular weight is 255 g/mol. The van der Waals surface area contributed by atoms with Crippen LogP contribution in [0.1, 0.15) is 15.9 Å². The molecule has 0 atom stereocenters. The van der Waals surface area contributed by atoms with Gasteiger partial charge in [0, 0.05) is 30.2 Å². The number of rotatable bonds is 5. The van der Waals surface area contributed by atoms with E-state index in [0.29, 0.717) is 24.2 Å². The Bertz CT molecular complexity index is 553. The topological polar surface area (TPSA) is 71.1 Å². The summed E-state index contributed by atoms with van der Waals surface area (Å²) in [5.74, 6) is -0.165. The van der Waals surface area contributed by atoms with Crippen molar-refractivity contribution in [3.05, 3.63) is 59.9 Å². The quantitative estimate of drug-likeness (QED) is 0.797. The van der Waals surface area contributed by atoms with Gasteiger partial charge in [0.15, 0.2) is 0 Å². The predicted octanol–water partition coefficient (Wildman–Crippen LogP) is 1.58. The van der Waals surface area contributed by atoms with Crippen molar-refractivity contribution in [3.8, 4) is 0 Å². The number of anilines is 1. The maximum Gasteiger partial charge on any atom is 0.251 e. The van der Waals surface area contributed by atoms with Gasteiger partial charge in [0.1, 0.15) is 0 Å². The number of nitrogens with zero attached hydrogens (tertiary/aromatic N) is 1. The third-order valence-corrected chi connectivity index (χ3v) is 2.55. The molecular formula is C14H13N3O2. The first-order chi connectivity index (χ1) is 9.29. The van der Waals surface area contributed by atoms with E-state index >= 15 is 0 Å². The van der Waals surface area contributed by atoms with Crippen molar-refractivity contribution in [2.75, 3.05) is 5.32 Å². The van der Waals surface area contributed by atoms with E-state index in [4.69, 9.17) is 0 Å². The smallest absolute Gasteiger partial charge is 0.251 e. The van der Waals surface area contributed by atoms with Gasteiger partial charge < -0.3 is 10.6 Å². The molecule has 2 rings (SSSR count). The summed E-state index contributed by atoms with van der Waals surface area (Å²) >= 11 is 0. The summed E-state index contributed by atoms with van der Waals surface area (Å²) in [5.41, 5.74) is 2.13. The number of carbonyl (C=O) groups excluding carboxylic acids is 2. The summed E-state index contributed by atoms with van der Waals surface area (Å²) in [7, 11) is 0. The number of carbonyl (C=O) groups is 2. The van der Waals surface area contributed by atoms with E-state index in [1.54, 1.807) is 36.7 Å². The molecule has 0 fully saturated rings. The Morgan fingerprint density at radius 2 is 2.00 bits per heavy atom. The monoisotopic (exact) mass is 255 g/mol. The fourth-order valence-corrected chi connectivity index (χ4v) is 1.57. The van der Waals surface area contributed by atoms with Crippen molar-refractivity contribution in [1.82, 2.24) is 10.3 Å². The number of aromatic nitrogens is 1. The van der Waals surface area contributed by atoms with Crippen LogP contribution >= 0.6 is 0 Å².